The Balaban J connectivity index is 1.74. The van der Waals surface area contributed by atoms with Gasteiger partial charge in [-0.05, 0) is 30.3 Å². The molecular formula is C21H13F4N3O4. The molecule has 3 aromatic rings. The molecule has 1 saturated heterocycles. The molecule has 2 aromatic carbocycles. The maximum Gasteiger partial charge on any atom is 0.387 e. The minimum Gasteiger partial charge on any atom is -0.494 e. The largest absolute Gasteiger partial charge is 0.494 e. The zero-order chi connectivity index (χ0) is 23.0. The minimum absolute atomic E-state index is 0.0773. The number of urea groups is 1. The second-order valence-electron chi connectivity index (χ2n) is 6.93. The average molecular weight is 447 g/mol. The summed E-state index contributed by atoms with van der Waals surface area (Å²) in [4.78, 5) is 24.3. The van der Waals surface area contributed by atoms with Gasteiger partial charge in [0.05, 0.1) is 6.54 Å². The molecule has 1 aliphatic heterocycles. The van der Waals surface area contributed by atoms with Gasteiger partial charge in [-0.25, -0.2) is 13.6 Å². The minimum atomic E-state index is -3.06. The molecule has 32 heavy (non-hydrogen) atoms. The van der Waals surface area contributed by atoms with Crippen LogP contribution < -0.4 is 15.4 Å². The molecule has 2 heterocycles. The van der Waals surface area contributed by atoms with Crippen LogP contribution in [-0.4, -0.2) is 33.8 Å². The Labute approximate surface area is 177 Å². The van der Waals surface area contributed by atoms with Gasteiger partial charge in [0.15, 0.2) is 5.88 Å². The summed E-state index contributed by atoms with van der Waals surface area (Å²) in [5.74, 6) is 1.81. The van der Waals surface area contributed by atoms with E-state index >= 15 is 0 Å². The van der Waals surface area contributed by atoms with E-state index in [1.165, 1.54) is 29.0 Å². The number of ether oxygens (including phenoxy) is 1. The lowest BCUT2D eigenvalue weighted by Crippen LogP contribution is -2.49. The van der Waals surface area contributed by atoms with Gasteiger partial charge in [0.25, 0.3) is 5.91 Å². The lowest BCUT2D eigenvalue weighted by molar-refractivity contribution is -0.122. The van der Waals surface area contributed by atoms with Crippen LogP contribution in [0.2, 0.25) is 0 Å². The lowest BCUT2D eigenvalue weighted by Gasteiger charge is -2.20. The zero-order valence-corrected chi connectivity index (χ0v) is 16.0. The van der Waals surface area contributed by atoms with Gasteiger partial charge in [-0.1, -0.05) is 11.8 Å². The van der Waals surface area contributed by atoms with E-state index in [4.69, 9.17) is 0 Å². The van der Waals surface area contributed by atoms with E-state index in [0.29, 0.717) is 11.5 Å². The number of carbonyl (C=O) groups excluding carboxylic acids is 2. The fourth-order valence-corrected chi connectivity index (χ4v) is 3.31. The molecular weight excluding hydrogens is 434 g/mol. The Bertz CT molecular complexity index is 1290. The van der Waals surface area contributed by atoms with E-state index in [1.54, 1.807) is 0 Å². The number of aromatic hydroxyl groups is 1. The van der Waals surface area contributed by atoms with Crippen molar-refractivity contribution >= 4 is 22.7 Å². The van der Waals surface area contributed by atoms with Crippen molar-refractivity contribution in [2.45, 2.75) is 18.7 Å². The highest BCUT2D eigenvalue weighted by Crippen LogP contribution is 2.32. The Morgan fingerprint density at radius 1 is 1.12 bits per heavy atom. The summed E-state index contributed by atoms with van der Waals surface area (Å²) >= 11 is 0. The Kier molecular flexibility index (Phi) is 5.14. The summed E-state index contributed by atoms with van der Waals surface area (Å²) in [6.07, 6.45) is 1.42. The molecule has 1 atom stereocenters. The number of hydrogen-bond acceptors (Lipinski definition) is 4. The zero-order valence-electron chi connectivity index (χ0n) is 16.0. The highest BCUT2D eigenvalue weighted by molar-refractivity contribution is 6.09. The number of aromatic nitrogens is 1. The van der Waals surface area contributed by atoms with Gasteiger partial charge in [0.2, 0.25) is 5.54 Å². The van der Waals surface area contributed by atoms with Crippen LogP contribution in [0, 0.1) is 23.5 Å². The predicted octanol–water partition coefficient (Wildman–Crippen LogP) is 2.86. The van der Waals surface area contributed by atoms with E-state index in [2.05, 4.69) is 21.9 Å². The Morgan fingerprint density at radius 3 is 2.47 bits per heavy atom. The van der Waals surface area contributed by atoms with Crippen molar-refractivity contribution < 1.29 is 37.0 Å². The first kappa shape index (κ1) is 21.0. The summed E-state index contributed by atoms with van der Waals surface area (Å²) < 4.78 is 57.3. The molecule has 3 amide bonds. The average Bonchev–Trinajstić information content (AvgIpc) is 3.15. The topological polar surface area (TPSA) is 92.6 Å². The van der Waals surface area contributed by atoms with Crippen molar-refractivity contribution in [3.8, 4) is 23.5 Å². The van der Waals surface area contributed by atoms with Gasteiger partial charge in [0, 0.05) is 28.6 Å². The third-order valence-corrected chi connectivity index (χ3v) is 4.69. The predicted molar refractivity (Wildman–Crippen MR) is 103 cm³/mol. The molecule has 11 heteroatoms. The van der Waals surface area contributed by atoms with Gasteiger partial charge >= 0.3 is 12.6 Å². The first-order chi connectivity index (χ1) is 15.1. The maximum absolute atomic E-state index is 13.4. The number of carbonyl (C=O) groups is 2. The SMILES string of the molecule is O=C1NC(=O)C(C#Cc2cc(F)cc(F)c2)(Cn2cc3ccc(OC(F)F)cc3c2O)N1. The number of imide groups is 1. The first-order valence-electron chi connectivity index (χ1n) is 9.05. The van der Waals surface area contributed by atoms with Crippen LogP contribution in [0.5, 0.6) is 11.6 Å². The molecule has 1 unspecified atom stereocenters. The highest BCUT2D eigenvalue weighted by Gasteiger charge is 2.46. The second-order valence-corrected chi connectivity index (χ2v) is 6.93. The van der Waals surface area contributed by atoms with Crippen LogP contribution >= 0.6 is 0 Å². The van der Waals surface area contributed by atoms with Gasteiger partial charge in [-0.15, -0.1) is 0 Å². The van der Waals surface area contributed by atoms with Gasteiger partial charge in [-0.2, -0.15) is 8.78 Å². The second kappa shape index (κ2) is 7.81. The van der Waals surface area contributed by atoms with Crippen LogP contribution in [0.15, 0.2) is 42.6 Å². The van der Waals surface area contributed by atoms with E-state index in [1.807, 2.05) is 5.32 Å². The number of halogens is 4. The van der Waals surface area contributed by atoms with E-state index < -0.39 is 41.6 Å². The quantitative estimate of drug-likeness (QED) is 0.326. The van der Waals surface area contributed by atoms with Crippen LogP contribution in [0.3, 0.4) is 0 Å². The van der Waals surface area contributed by atoms with Crippen LogP contribution in [0.25, 0.3) is 10.8 Å². The van der Waals surface area contributed by atoms with E-state index in [9.17, 15) is 32.3 Å². The molecule has 0 saturated carbocycles. The highest BCUT2D eigenvalue weighted by atomic mass is 19.3. The smallest absolute Gasteiger partial charge is 0.387 e. The summed E-state index contributed by atoms with van der Waals surface area (Å²) in [7, 11) is 0. The maximum atomic E-state index is 13.4. The van der Waals surface area contributed by atoms with Gasteiger partial charge < -0.3 is 19.7 Å². The number of amides is 3. The monoisotopic (exact) mass is 447 g/mol. The van der Waals surface area contributed by atoms with Crippen molar-refractivity contribution in [3.63, 3.8) is 0 Å². The normalized spacial score (nSPS) is 17.8. The lowest BCUT2D eigenvalue weighted by atomic mass is 9.99. The molecule has 7 nitrogen and oxygen atoms in total. The molecule has 1 aliphatic rings. The summed E-state index contributed by atoms with van der Waals surface area (Å²) in [5.41, 5.74) is -1.96. The number of rotatable bonds is 4. The Hall–Kier alpha value is -4.20. The third-order valence-electron chi connectivity index (χ3n) is 4.69. The van der Waals surface area contributed by atoms with E-state index in [0.717, 1.165) is 12.1 Å². The fourth-order valence-electron chi connectivity index (χ4n) is 3.31. The molecule has 0 bridgehead atoms. The van der Waals surface area contributed by atoms with Crippen molar-refractivity contribution in [2.75, 3.05) is 0 Å². The van der Waals surface area contributed by atoms with Crippen molar-refractivity contribution in [3.05, 3.63) is 59.8 Å². The molecule has 0 spiro atoms. The fraction of sp³-hybridized carbons (Fsp3) is 0.143. The molecule has 4 rings (SSSR count). The first-order valence-corrected chi connectivity index (χ1v) is 9.05. The standard InChI is InChI=1S/C21H13F4N3O4/c22-13-5-11(6-14(23)7-13)3-4-21(18(30)26-20(31)27-21)10-28-9-12-1-2-15(32-19(24)25)8-16(12)17(28)29/h1-2,5-9,19,29H,10H2,(H2,26,27,30,31). The molecule has 164 valence electrons. The number of alkyl halides is 2. The molecule has 1 aromatic heterocycles. The number of benzene rings is 2. The van der Waals surface area contributed by atoms with Crippen LogP contribution in [-0.2, 0) is 11.3 Å². The van der Waals surface area contributed by atoms with Gasteiger partial charge in [-0.3, -0.25) is 10.1 Å². The molecule has 0 radical (unpaired) electrons. The van der Waals surface area contributed by atoms with Crippen LogP contribution in [0.4, 0.5) is 22.4 Å². The summed E-state index contributed by atoms with van der Waals surface area (Å²) in [6.45, 7) is -3.44. The van der Waals surface area contributed by atoms with Crippen molar-refractivity contribution in [2.24, 2.45) is 0 Å². The molecule has 3 N–H and O–H groups in total. The molecule has 1 fully saturated rings. The van der Waals surface area contributed by atoms with E-state index in [-0.39, 0.29) is 23.2 Å². The number of nitrogens with one attached hydrogen (secondary N) is 2. The number of nitrogens with zero attached hydrogens (tertiary/aromatic N) is 1. The van der Waals surface area contributed by atoms with Crippen molar-refractivity contribution in [1.29, 1.82) is 0 Å². The van der Waals surface area contributed by atoms with Crippen molar-refractivity contribution in [1.82, 2.24) is 15.2 Å². The molecule has 0 aliphatic carbocycles. The van der Waals surface area contributed by atoms with Gasteiger partial charge in [0.1, 0.15) is 17.4 Å². The number of hydrogen-bond donors (Lipinski definition) is 3. The number of fused-ring (bicyclic) bond motifs is 1. The summed E-state index contributed by atoms with van der Waals surface area (Å²) in [6, 6.07) is 5.59. The third kappa shape index (κ3) is 4.02. The summed E-state index contributed by atoms with van der Waals surface area (Å²) in [5, 5.41) is 15.5. The van der Waals surface area contributed by atoms with Crippen LogP contribution in [0.1, 0.15) is 5.56 Å². The Morgan fingerprint density at radius 2 is 1.84 bits per heavy atom.